The average Bonchev–Trinajstić information content (AvgIpc) is 2.78. The van der Waals surface area contributed by atoms with Crippen LogP contribution in [-0.2, 0) is 31.9 Å². The first-order chi connectivity index (χ1) is 15.0. The number of carbonyl (C=O) groups is 2. The normalized spacial score (nSPS) is 14.7. The number of aromatic nitrogens is 2. The number of nitrogens with zero attached hydrogens (tertiary/aromatic N) is 2. The molecule has 0 unspecified atom stereocenters. The SMILES string of the molecule is COC(=O)[C@H](Cc1ccccc1)NC(=O)CCc1c(C)nc(N2CCOCC2)[nH]c1=O. The van der Waals surface area contributed by atoms with Crippen LogP contribution in [0, 0.1) is 6.92 Å². The summed E-state index contributed by atoms with van der Waals surface area (Å²) in [4.78, 5) is 46.5. The van der Waals surface area contributed by atoms with Gasteiger partial charge in [0.1, 0.15) is 6.04 Å². The fourth-order valence-electron chi connectivity index (χ4n) is 3.51. The first-order valence-electron chi connectivity index (χ1n) is 10.3. The number of rotatable bonds is 8. The van der Waals surface area contributed by atoms with Gasteiger partial charge in [-0.25, -0.2) is 9.78 Å². The molecule has 9 nitrogen and oxygen atoms in total. The van der Waals surface area contributed by atoms with Gasteiger partial charge in [0, 0.05) is 37.2 Å². The monoisotopic (exact) mass is 428 g/mol. The first kappa shape index (κ1) is 22.5. The Hall–Kier alpha value is -3.20. The molecule has 0 aliphatic carbocycles. The maximum atomic E-state index is 12.6. The van der Waals surface area contributed by atoms with Crippen LogP contribution in [0.5, 0.6) is 0 Å². The van der Waals surface area contributed by atoms with Gasteiger partial charge < -0.3 is 19.7 Å². The fraction of sp³-hybridized carbons (Fsp3) is 0.455. The maximum Gasteiger partial charge on any atom is 0.328 e. The van der Waals surface area contributed by atoms with Crippen molar-refractivity contribution in [3.05, 3.63) is 57.5 Å². The molecule has 0 spiro atoms. The van der Waals surface area contributed by atoms with Crippen LogP contribution in [0.1, 0.15) is 23.2 Å². The van der Waals surface area contributed by atoms with E-state index in [0.29, 0.717) is 49.9 Å². The molecule has 1 aromatic heterocycles. The lowest BCUT2D eigenvalue weighted by molar-refractivity contribution is -0.145. The molecule has 1 fully saturated rings. The summed E-state index contributed by atoms with van der Waals surface area (Å²) < 4.78 is 10.2. The van der Waals surface area contributed by atoms with Gasteiger partial charge >= 0.3 is 5.97 Å². The van der Waals surface area contributed by atoms with Crippen molar-refractivity contribution in [1.29, 1.82) is 0 Å². The van der Waals surface area contributed by atoms with Crippen LogP contribution in [0.4, 0.5) is 5.95 Å². The highest BCUT2D eigenvalue weighted by Gasteiger charge is 2.22. The molecule has 1 aliphatic rings. The van der Waals surface area contributed by atoms with Crippen LogP contribution in [0.25, 0.3) is 0 Å². The van der Waals surface area contributed by atoms with Gasteiger partial charge in [0.15, 0.2) is 0 Å². The molecule has 166 valence electrons. The summed E-state index contributed by atoms with van der Waals surface area (Å²) in [5, 5.41) is 2.72. The Labute approximate surface area is 180 Å². The van der Waals surface area contributed by atoms with Crippen molar-refractivity contribution in [1.82, 2.24) is 15.3 Å². The summed E-state index contributed by atoms with van der Waals surface area (Å²) in [6, 6.07) is 8.59. The van der Waals surface area contributed by atoms with Gasteiger partial charge in [-0.1, -0.05) is 30.3 Å². The molecule has 2 heterocycles. The first-order valence-corrected chi connectivity index (χ1v) is 10.3. The number of hydrogen-bond acceptors (Lipinski definition) is 7. The number of morpholine rings is 1. The molecule has 1 amide bonds. The minimum Gasteiger partial charge on any atom is -0.467 e. The molecule has 3 rings (SSSR count). The van der Waals surface area contributed by atoms with Gasteiger partial charge in [-0.15, -0.1) is 0 Å². The number of esters is 1. The lowest BCUT2D eigenvalue weighted by Crippen LogP contribution is -2.43. The molecule has 0 saturated carbocycles. The summed E-state index contributed by atoms with van der Waals surface area (Å²) in [7, 11) is 1.29. The van der Waals surface area contributed by atoms with Crippen molar-refractivity contribution >= 4 is 17.8 Å². The average molecular weight is 428 g/mol. The van der Waals surface area contributed by atoms with Crippen LogP contribution in [0.3, 0.4) is 0 Å². The minimum atomic E-state index is -0.791. The zero-order chi connectivity index (χ0) is 22.2. The van der Waals surface area contributed by atoms with Crippen LogP contribution in [0.15, 0.2) is 35.1 Å². The number of nitrogens with one attached hydrogen (secondary N) is 2. The second-order valence-corrected chi connectivity index (χ2v) is 7.39. The second kappa shape index (κ2) is 10.7. The summed E-state index contributed by atoms with van der Waals surface area (Å²) in [5.41, 5.74) is 1.71. The van der Waals surface area contributed by atoms with Gasteiger partial charge in [-0.3, -0.25) is 14.6 Å². The van der Waals surface area contributed by atoms with E-state index in [0.717, 1.165) is 5.56 Å². The molecule has 0 bridgehead atoms. The number of carbonyl (C=O) groups excluding carboxylic acids is 2. The van der Waals surface area contributed by atoms with E-state index >= 15 is 0 Å². The highest BCUT2D eigenvalue weighted by atomic mass is 16.5. The van der Waals surface area contributed by atoms with Gasteiger partial charge in [0.25, 0.3) is 5.56 Å². The van der Waals surface area contributed by atoms with E-state index in [4.69, 9.17) is 9.47 Å². The predicted octanol–water partition coefficient (Wildman–Crippen LogP) is 0.748. The Bertz CT molecular complexity index is 954. The summed E-state index contributed by atoms with van der Waals surface area (Å²) in [6.07, 6.45) is 0.613. The molecule has 2 aromatic rings. The lowest BCUT2D eigenvalue weighted by Gasteiger charge is -2.27. The van der Waals surface area contributed by atoms with E-state index in [2.05, 4.69) is 15.3 Å². The Kier molecular flexibility index (Phi) is 7.77. The highest BCUT2D eigenvalue weighted by Crippen LogP contribution is 2.12. The Morgan fingerprint density at radius 1 is 1.26 bits per heavy atom. The van der Waals surface area contributed by atoms with Gasteiger partial charge in [-0.2, -0.15) is 0 Å². The lowest BCUT2D eigenvalue weighted by atomic mass is 10.1. The topological polar surface area (TPSA) is 114 Å². The number of methoxy groups -OCH3 is 1. The van der Waals surface area contributed by atoms with Crippen molar-refractivity contribution in [2.75, 3.05) is 38.3 Å². The number of ether oxygens (including phenoxy) is 2. The molecule has 9 heteroatoms. The molecular weight excluding hydrogens is 400 g/mol. The zero-order valence-electron chi connectivity index (χ0n) is 17.8. The third kappa shape index (κ3) is 6.14. The van der Waals surface area contributed by atoms with Gasteiger partial charge in [0.05, 0.1) is 20.3 Å². The smallest absolute Gasteiger partial charge is 0.328 e. The van der Waals surface area contributed by atoms with Crippen molar-refractivity contribution < 1.29 is 19.1 Å². The summed E-state index contributed by atoms with van der Waals surface area (Å²) >= 11 is 0. The molecule has 31 heavy (non-hydrogen) atoms. The van der Waals surface area contributed by atoms with Crippen LogP contribution >= 0.6 is 0 Å². The largest absolute Gasteiger partial charge is 0.467 e. The molecule has 1 aromatic carbocycles. The standard InChI is InChI=1S/C22H28N4O5/c1-15-17(20(28)25-22(23-15)26-10-12-31-13-11-26)8-9-19(27)24-18(21(29)30-2)14-16-6-4-3-5-7-16/h3-7,18H,8-14H2,1-2H3,(H,24,27)(H,23,25,28)/t18-/m0/s1. The van der Waals surface area contributed by atoms with Gasteiger partial charge in [-0.05, 0) is 18.9 Å². The van der Waals surface area contributed by atoms with E-state index in [9.17, 15) is 14.4 Å². The quantitative estimate of drug-likeness (QED) is 0.597. The van der Waals surface area contributed by atoms with Crippen molar-refractivity contribution in [3.8, 4) is 0 Å². The number of hydrogen-bond donors (Lipinski definition) is 2. The molecular formula is C22H28N4O5. The number of amides is 1. The predicted molar refractivity (Wildman–Crippen MR) is 115 cm³/mol. The number of aromatic amines is 1. The van der Waals surface area contributed by atoms with Crippen LogP contribution < -0.4 is 15.8 Å². The number of H-pyrrole nitrogens is 1. The number of benzene rings is 1. The Balaban J connectivity index is 1.62. The van der Waals surface area contributed by atoms with Crippen molar-refractivity contribution in [3.63, 3.8) is 0 Å². The Morgan fingerprint density at radius 3 is 2.61 bits per heavy atom. The van der Waals surface area contributed by atoms with Crippen molar-refractivity contribution in [2.24, 2.45) is 0 Å². The zero-order valence-corrected chi connectivity index (χ0v) is 17.8. The third-order valence-electron chi connectivity index (χ3n) is 5.23. The molecule has 0 radical (unpaired) electrons. The van der Waals surface area contributed by atoms with E-state index in [1.54, 1.807) is 6.92 Å². The summed E-state index contributed by atoms with van der Waals surface area (Å²) in [6.45, 7) is 4.28. The third-order valence-corrected chi connectivity index (χ3v) is 5.23. The second-order valence-electron chi connectivity index (χ2n) is 7.39. The Morgan fingerprint density at radius 2 is 1.97 bits per heavy atom. The van der Waals surface area contributed by atoms with E-state index in [1.807, 2.05) is 35.2 Å². The summed E-state index contributed by atoms with van der Waals surface area (Å²) in [5.74, 6) is -0.322. The fourth-order valence-corrected chi connectivity index (χ4v) is 3.51. The minimum absolute atomic E-state index is 0.0603. The molecule has 1 aliphatic heterocycles. The number of anilines is 1. The van der Waals surface area contributed by atoms with E-state index in [-0.39, 0.29) is 24.3 Å². The molecule has 1 saturated heterocycles. The van der Waals surface area contributed by atoms with E-state index in [1.165, 1.54) is 7.11 Å². The maximum absolute atomic E-state index is 12.6. The van der Waals surface area contributed by atoms with Crippen molar-refractivity contribution in [2.45, 2.75) is 32.2 Å². The van der Waals surface area contributed by atoms with Crippen LogP contribution in [-0.4, -0.2) is 61.3 Å². The molecule has 2 N–H and O–H groups in total. The highest BCUT2D eigenvalue weighted by molar-refractivity contribution is 5.84. The molecule has 1 atom stereocenters. The number of aryl methyl sites for hydroxylation is 1. The van der Waals surface area contributed by atoms with E-state index < -0.39 is 12.0 Å². The van der Waals surface area contributed by atoms with Crippen LogP contribution in [0.2, 0.25) is 0 Å². The van der Waals surface area contributed by atoms with Gasteiger partial charge in [0.2, 0.25) is 11.9 Å².